The summed E-state index contributed by atoms with van der Waals surface area (Å²) in [4.78, 5) is 29.1. The van der Waals surface area contributed by atoms with Gasteiger partial charge in [0.15, 0.2) is 5.60 Å². The highest BCUT2D eigenvalue weighted by atomic mass is 16.6. The predicted octanol–water partition coefficient (Wildman–Crippen LogP) is 0.258. The van der Waals surface area contributed by atoms with Crippen LogP contribution in [-0.2, 0) is 33.2 Å². The molecule has 0 radical (unpaired) electrons. The van der Waals surface area contributed by atoms with E-state index in [1.54, 1.807) is 51.7 Å². The van der Waals surface area contributed by atoms with Gasteiger partial charge in [-0.2, -0.15) is 0 Å². The normalized spacial score (nSPS) is 50.7. The van der Waals surface area contributed by atoms with Gasteiger partial charge in [0.05, 0.1) is 30.5 Å². The fraction of sp³-hybridized carbons (Fsp3) is 0.758. The Hall–Kier alpha value is -2.16. The quantitative estimate of drug-likeness (QED) is 0.337. The van der Waals surface area contributed by atoms with Crippen LogP contribution in [0.25, 0.3) is 0 Å². The molecule has 1 spiro atoms. The Balaban J connectivity index is 1.52. The van der Waals surface area contributed by atoms with E-state index in [4.69, 9.17) is 28.4 Å². The predicted molar refractivity (Wildman–Crippen MR) is 156 cm³/mol. The van der Waals surface area contributed by atoms with Gasteiger partial charge in [0.1, 0.15) is 23.9 Å². The monoisotopic (exact) mass is 631 g/mol. The van der Waals surface area contributed by atoms with Crippen LogP contribution >= 0.6 is 0 Å². The zero-order valence-corrected chi connectivity index (χ0v) is 26.6. The van der Waals surface area contributed by atoms with Crippen molar-refractivity contribution >= 4 is 11.9 Å². The topological polar surface area (TPSA) is 153 Å². The van der Waals surface area contributed by atoms with E-state index < -0.39 is 88.3 Å². The van der Waals surface area contributed by atoms with Gasteiger partial charge in [-0.25, -0.2) is 4.79 Å². The second kappa shape index (κ2) is 10.4. The minimum atomic E-state index is -1.93. The largest absolute Gasteiger partial charge is 0.455 e. The van der Waals surface area contributed by atoms with E-state index in [1.165, 1.54) is 14.0 Å². The highest BCUT2D eigenvalue weighted by molar-refractivity contribution is 5.89. The van der Waals surface area contributed by atoms with Crippen LogP contribution in [0.15, 0.2) is 30.3 Å². The van der Waals surface area contributed by atoms with Crippen LogP contribution in [0.5, 0.6) is 0 Å². The number of likely N-dealkylation sites (tertiary alicyclic amines) is 1. The third kappa shape index (κ3) is 3.55. The van der Waals surface area contributed by atoms with Crippen LogP contribution in [0.3, 0.4) is 0 Å². The summed E-state index contributed by atoms with van der Waals surface area (Å²) in [5.41, 5.74) is -4.79. The first-order valence-electron chi connectivity index (χ1n) is 15.8. The fourth-order valence-corrected chi connectivity index (χ4v) is 12.2. The number of piperidine rings is 1. The molecule has 1 heterocycles. The SMILES string of the molecule is COC[C@@]12CN(C)[C@H]3[C@H]4[C@H](OC)[C@H]1[C@]3([C@@H]1C[C@@]3(O)[C@H](O)[C@H](OC)[C@]4(OC(C)=O)[C@H]1[C@@H]3OC(=O)c1ccccc1)[C@H](OC)C[C@@H]2O. The smallest absolute Gasteiger partial charge is 0.338 e. The molecule has 7 rings (SSSR count). The molecule has 7 bridgehead atoms. The summed E-state index contributed by atoms with van der Waals surface area (Å²) >= 11 is 0. The van der Waals surface area contributed by atoms with Crippen molar-refractivity contribution in [3.63, 3.8) is 0 Å². The summed E-state index contributed by atoms with van der Waals surface area (Å²) in [6, 6.07) is 8.14. The minimum Gasteiger partial charge on any atom is -0.455 e. The average molecular weight is 632 g/mol. The van der Waals surface area contributed by atoms with Crippen LogP contribution in [0.4, 0.5) is 0 Å². The third-order valence-electron chi connectivity index (χ3n) is 12.9. The van der Waals surface area contributed by atoms with Gasteiger partial charge in [0, 0.05) is 83.0 Å². The number of ether oxygens (including phenoxy) is 6. The fourth-order valence-electron chi connectivity index (χ4n) is 12.2. The first-order valence-corrected chi connectivity index (χ1v) is 15.8. The van der Waals surface area contributed by atoms with Gasteiger partial charge in [0.2, 0.25) is 0 Å². The van der Waals surface area contributed by atoms with Crippen molar-refractivity contribution in [2.24, 2.45) is 34.5 Å². The van der Waals surface area contributed by atoms with Crippen LogP contribution in [0.2, 0.25) is 0 Å². The Morgan fingerprint density at radius 1 is 1.00 bits per heavy atom. The van der Waals surface area contributed by atoms with E-state index in [9.17, 15) is 24.9 Å². The standard InChI is InChI=1S/C33H45NO11/c1-16(35)45-33-21-18(13-31(39,26(37)28(33)43-6)27(21)44-29(38)17-10-8-7-9-11-17)32-20(41-4)12-19(36)30(15-40-3)14-34(2)25(32)22(33)23(42-5)24(30)32/h7-11,18-28,36-37,39H,12-15H2,1-6H3/t18-,19+,20-,21-,22-,23+,24-,25+,26-,27+,28+,30-,31-,32+,33+/m1/s1. The Kier molecular flexibility index (Phi) is 7.28. The second-order valence-corrected chi connectivity index (χ2v) is 14.3. The van der Waals surface area contributed by atoms with E-state index in [-0.39, 0.29) is 30.6 Å². The van der Waals surface area contributed by atoms with Crippen LogP contribution < -0.4 is 0 Å². The molecular weight excluding hydrogens is 586 g/mol. The molecule has 1 aromatic carbocycles. The molecular formula is C33H45NO11. The lowest BCUT2D eigenvalue weighted by molar-refractivity contribution is -0.322. The molecule has 3 N–H and O–H groups in total. The first kappa shape index (κ1) is 31.4. The summed E-state index contributed by atoms with van der Waals surface area (Å²) in [6.45, 7) is 2.04. The highest BCUT2D eigenvalue weighted by Crippen LogP contribution is 2.80. The molecule has 5 aliphatic carbocycles. The Morgan fingerprint density at radius 2 is 1.71 bits per heavy atom. The number of carbonyl (C=O) groups excluding carboxylic acids is 2. The van der Waals surface area contributed by atoms with Gasteiger partial charge in [0.25, 0.3) is 0 Å². The van der Waals surface area contributed by atoms with E-state index >= 15 is 0 Å². The minimum absolute atomic E-state index is 0.0253. The van der Waals surface area contributed by atoms with Gasteiger partial charge >= 0.3 is 11.9 Å². The number of methoxy groups -OCH3 is 4. The Bertz CT molecular complexity index is 1350. The van der Waals surface area contributed by atoms with E-state index in [2.05, 4.69) is 4.90 Å². The third-order valence-corrected chi connectivity index (χ3v) is 12.9. The molecule has 0 amide bonds. The van der Waals surface area contributed by atoms with Crippen molar-refractivity contribution in [1.82, 2.24) is 4.90 Å². The lowest BCUT2D eigenvalue weighted by Crippen LogP contribution is -2.81. The van der Waals surface area contributed by atoms with Crippen LogP contribution in [-0.4, -0.2) is 135 Å². The molecule has 6 aliphatic rings. The first-order chi connectivity index (χ1) is 21.4. The van der Waals surface area contributed by atoms with E-state index in [0.717, 1.165) is 0 Å². The van der Waals surface area contributed by atoms with Crippen molar-refractivity contribution in [3.05, 3.63) is 35.9 Å². The number of hydrogen-bond acceptors (Lipinski definition) is 12. The highest BCUT2D eigenvalue weighted by Gasteiger charge is 2.92. The molecule has 0 unspecified atom stereocenters. The molecule has 1 aliphatic heterocycles. The molecule has 12 heteroatoms. The summed E-state index contributed by atoms with van der Waals surface area (Å²) < 4.78 is 37.4. The molecule has 6 fully saturated rings. The number of aliphatic hydroxyl groups excluding tert-OH is 2. The number of fused-ring (bicyclic) bond motifs is 2. The number of rotatable bonds is 8. The van der Waals surface area contributed by atoms with Crippen molar-refractivity contribution < 1.29 is 53.3 Å². The number of aliphatic hydroxyl groups is 3. The maximum Gasteiger partial charge on any atom is 0.338 e. The molecule has 1 saturated heterocycles. The Morgan fingerprint density at radius 3 is 2.31 bits per heavy atom. The molecule has 45 heavy (non-hydrogen) atoms. The second-order valence-electron chi connectivity index (χ2n) is 14.3. The number of hydrogen-bond donors (Lipinski definition) is 3. The summed E-state index contributed by atoms with van der Waals surface area (Å²) in [5.74, 6) is -3.54. The molecule has 12 nitrogen and oxygen atoms in total. The van der Waals surface area contributed by atoms with E-state index in [0.29, 0.717) is 13.0 Å². The molecule has 5 saturated carbocycles. The Labute approximate surface area is 262 Å². The number of esters is 2. The molecule has 1 aromatic rings. The maximum atomic E-state index is 13.7. The summed E-state index contributed by atoms with van der Waals surface area (Å²) in [5, 5.41) is 36.6. The van der Waals surface area contributed by atoms with Gasteiger partial charge < -0.3 is 48.6 Å². The van der Waals surface area contributed by atoms with Crippen LogP contribution in [0.1, 0.15) is 30.1 Å². The summed E-state index contributed by atoms with van der Waals surface area (Å²) in [7, 11) is 8.27. The van der Waals surface area contributed by atoms with Gasteiger partial charge in [-0.15, -0.1) is 0 Å². The van der Waals surface area contributed by atoms with Crippen molar-refractivity contribution in [3.8, 4) is 0 Å². The van der Waals surface area contributed by atoms with Gasteiger partial charge in [-0.3, -0.25) is 4.79 Å². The van der Waals surface area contributed by atoms with Gasteiger partial charge in [-0.1, -0.05) is 18.2 Å². The average Bonchev–Trinajstić information content (AvgIpc) is 3.41. The number of benzene rings is 1. The van der Waals surface area contributed by atoms with Crippen LogP contribution in [0, 0.1) is 34.5 Å². The zero-order valence-electron chi connectivity index (χ0n) is 26.6. The maximum absolute atomic E-state index is 13.7. The number of carbonyl (C=O) groups is 2. The number of nitrogens with zero attached hydrogens (tertiary/aromatic N) is 1. The molecule has 248 valence electrons. The van der Waals surface area contributed by atoms with Crippen molar-refractivity contribution in [2.75, 3.05) is 48.6 Å². The lowest BCUT2D eigenvalue weighted by atomic mass is 9.42. The van der Waals surface area contributed by atoms with Crippen molar-refractivity contribution in [1.29, 1.82) is 0 Å². The van der Waals surface area contributed by atoms with Gasteiger partial charge in [-0.05, 0) is 31.5 Å². The van der Waals surface area contributed by atoms with Crippen molar-refractivity contribution in [2.45, 2.75) is 73.6 Å². The molecule has 0 aromatic heterocycles. The zero-order chi connectivity index (χ0) is 32.3. The van der Waals surface area contributed by atoms with E-state index in [1.807, 2.05) is 7.05 Å². The molecule has 15 atom stereocenters. The summed E-state index contributed by atoms with van der Waals surface area (Å²) in [6.07, 6.45) is -5.57. The lowest BCUT2D eigenvalue weighted by Gasteiger charge is -2.70.